The highest BCUT2D eigenvalue weighted by atomic mass is 16.5. The summed E-state index contributed by atoms with van der Waals surface area (Å²) in [7, 11) is 1.68. The van der Waals surface area contributed by atoms with Gasteiger partial charge in [0.05, 0.1) is 12.2 Å². The van der Waals surface area contributed by atoms with Gasteiger partial charge < -0.3 is 14.4 Å². The predicted octanol–water partition coefficient (Wildman–Crippen LogP) is 0.978. The molecular weight excluding hydrogens is 208 g/mol. The molecule has 0 aliphatic carbocycles. The van der Waals surface area contributed by atoms with Crippen LogP contribution in [0.2, 0.25) is 0 Å². The minimum absolute atomic E-state index is 0.211. The third-order valence-electron chi connectivity index (χ3n) is 2.13. The standard InChI is InChI=1S/C10H12N4O2/c1-7-5-8(16-13-7)10(15)14(2)6-9-11-3-4-12-9/h3-5H,6H2,1-2H3,(H,11,12). The van der Waals surface area contributed by atoms with Crippen molar-refractivity contribution in [2.75, 3.05) is 7.05 Å². The first-order chi connectivity index (χ1) is 7.66. The van der Waals surface area contributed by atoms with Crippen molar-refractivity contribution in [2.24, 2.45) is 0 Å². The van der Waals surface area contributed by atoms with Crippen LogP contribution in [0.3, 0.4) is 0 Å². The van der Waals surface area contributed by atoms with Crippen LogP contribution in [-0.4, -0.2) is 33.0 Å². The van der Waals surface area contributed by atoms with Gasteiger partial charge in [-0.2, -0.15) is 0 Å². The maximum Gasteiger partial charge on any atom is 0.292 e. The molecule has 6 nitrogen and oxygen atoms in total. The van der Waals surface area contributed by atoms with Crippen LogP contribution in [0.4, 0.5) is 0 Å². The van der Waals surface area contributed by atoms with Crippen LogP contribution in [0.1, 0.15) is 22.1 Å². The molecule has 1 N–H and O–H groups in total. The average Bonchev–Trinajstić information content (AvgIpc) is 2.88. The Morgan fingerprint density at radius 3 is 3.00 bits per heavy atom. The van der Waals surface area contributed by atoms with Crippen LogP contribution in [0, 0.1) is 6.92 Å². The first-order valence-corrected chi connectivity index (χ1v) is 4.84. The lowest BCUT2D eigenvalue weighted by atomic mass is 10.3. The molecule has 2 aromatic rings. The van der Waals surface area contributed by atoms with Gasteiger partial charge in [-0.3, -0.25) is 4.79 Å². The Kier molecular flexibility index (Phi) is 2.72. The third kappa shape index (κ3) is 2.10. The van der Waals surface area contributed by atoms with E-state index in [-0.39, 0.29) is 11.7 Å². The molecule has 0 fully saturated rings. The van der Waals surface area contributed by atoms with Crippen molar-refractivity contribution in [3.63, 3.8) is 0 Å². The summed E-state index contributed by atoms with van der Waals surface area (Å²) in [5.74, 6) is 0.760. The van der Waals surface area contributed by atoms with Gasteiger partial charge in [0.1, 0.15) is 5.82 Å². The number of carbonyl (C=O) groups excluding carboxylic acids is 1. The number of aryl methyl sites for hydroxylation is 1. The van der Waals surface area contributed by atoms with Crippen LogP contribution in [0.15, 0.2) is 23.0 Å². The van der Waals surface area contributed by atoms with E-state index in [1.807, 2.05) is 0 Å². The zero-order chi connectivity index (χ0) is 11.5. The van der Waals surface area contributed by atoms with Crippen LogP contribution < -0.4 is 0 Å². The summed E-state index contributed by atoms with van der Waals surface area (Å²) in [5.41, 5.74) is 0.690. The fourth-order valence-corrected chi connectivity index (χ4v) is 1.33. The fraction of sp³-hybridized carbons (Fsp3) is 0.300. The Bertz CT molecular complexity index is 475. The quantitative estimate of drug-likeness (QED) is 0.836. The van der Waals surface area contributed by atoms with E-state index in [1.54, 1.807) is 32.4 Å². The number of hydrogen-bond donors (Lipinski definition) is 1. The Morgan fingerprint density at radius 2 is 2.44 bits per heavy atom. The second-order valence-corrected chi connectivity index (χ2v) is 3.53. The Labute approximate surface area is 92.3 Å². The number of H-pyrrole nitrogens is 1. The number of imidazole rings is 1. The molecule has 0 saturated carbocycles. The average molecular weight is 220 g/mol. The van der Waals surface area contributed by atoms with E-state index in [1.165, 1.54) is 4.90 Å². The summed E-state index contributed by atoms with van der Waals surface area (Å²) >= 11 is 0. The van der Waals surface area contributed by atoms with Gasteiger partial charge in [-0.15, -0.1) is 0 Å². The molecule has 1 amide bonds. The number of aromatic amines is 1. The van der Waals surface area contributed by atoms with Gasteiger partial charge >= 0.3 is 0 Å². The van der Waals surface area contributed by atoms with Gasteiger partial charge in [0.25, 0.3) is 5.91 Å². The Balaban J connectivity index is 2.05. The number of nitrogens with zero attached hydrogens (tertiary/aromatic N) is 3. The fourth-order valence-electron chi connectivity index (χ4n) is 1.33. The van der Waals surface area contributed by atoms with Crippen molar-refractivity contribution < 1.29 is 9.32 Å². The van der Waals surface area contributed by atoms with Crippen molar-refractivity contribution >= 4 is 5.91 Å². The molecule has 0 aliphatic rings. The molecule has 6 heteroatoms. The van der Waals surface area contributed by atoms with Gasteiger partial charge in [-0.1, -0.05) is 5.16 Å². The maximum absolute atomic E-state index is 11.8. The number of rotatable bonds is 3. The van der Waals surface area contributed by atoms with Gasteiger partial charge in [0, 0.05) is 25.5 Å². The number of amides is 1. The van der Waals surface area contributed by atoms with Gasteiger partial charge in [0.2, 0.25) is 5.76 Å². The van der Waals surface area contributed by atoms with Gasteiger partial charge in [-0.25, -0.2) is 4.98 Å². The van der Waals surface area contributed by atoms with E-state index in [0.29, 0.717) is 12.2 Å². The van der Waals surface area contributed by atoms with Crippen LogP contribution in [0.5, 0.6) is 0 Å². The van der Waals surface area contributed by atoms with Crippen molar-refractivity contribution in [3.05, 3.63) is 35.7 Å². The number of carbonyl (C=O) groups is 1. The predicted molar refractivity (Wildman–Crippen MR) is 55.6 cm³/mol. The lowest BCUT2D eigenvalue weighted by Crippen LogP contribution is -2.26. The van der Waals surface area contributed by atoms with Crippen LogP contribution >= 0.6 is 0 Å². The molecule has 2 heterocycles. The van der Waals surface area contributed by atoms with E-state index < -0.39 is 0 Å². The molecular formula is C10H12N4O2. The van der Waals surface area contributed by atoms with Crippen molar-refractivity contribution in [2.45, 2.75) is 13.5 Å². The lowest BCUT2D eigenvalue weighted by Gasteiger charge is -2.13. The topological polar surface area (TPSA) is 75.0 Å². The van der Waals surface area contributed by atoms with Crippen molar-refractivity contribution in [3.8, 4) is 0 Å². The highest BCUT2D eigenvalue weighted by Gasteiger charge is 2.17. The summed E-state index contributed by atoms with van der Waals surface area (Å²) in [6, 6.07) is 1.61. The third-order valence-corrected chi connectivity index (χ3v) is 2.13. The SMILES string of the molecule is Cc1cc(C(=O)N(C)Cc2ncc[nH]2)on1. The highest BCUT2D eigenvalue weighted by Crippen LogP contribution is 2.07. The van der Waals surface area contributed by atoms with E-state index in [2.05, 4.69) is 15.1 Å². The summed E-state index contributed by atoms with van der Waals surface area (Å²) in [6.45, 7) is 2.18. The summed E-state index contributed by atoms with van der Waals surface area (Å²) in [5, 5.41) is 3.67. The first kappa shape index (κ1) is 10.4. The van der Waals surface area contributed by atoms with E-state index in [4.69, 9.17) is 4.52 Å². The molecule has 0 radical (unpaired) electrons. The molecule has 0 spiro atoms. The zero-order valence-electron chi connectivity index (χ0n) is 9.10. The molecule has 0 aliphatic heterocycles. The molecule has 0 bridgehead atoms. The molecule has 0 unspecified atom stereocenters. The van der Waals surface area contributed by atoms with Gasteiger partial charge in [0.15, 0.2) is 0 Å². The second-order valence-electron chi connectivity index (χ2n) is 3.53. The van der Waals surface area contributed by atoms with Crippen LogP contribution in [-0.2, 0) is 6.54 Å². The lowest BCUT2D eigenvalue weighted by molar-refractivity contribution is 0.0740. The molecule has 2 rings (SSSR count). The Hall–Kier alpha value is -2.11. The first-order valence-electron chi connectivity index (χ1n) is 4.84. The van der Waals surface area contributed by atoms with Crippen LogP contribution in [0.25, 0.3) is 0 Å². The van der Waals surface area contributed by atoms with E-state index >= 15 is 0 Å². The summed E-state index contributed by atoms with van der Waals surface area (Å²) < 4.78 is 4.89. The second kappa shape index (κ2) is 4.18. The zero-order valence-corrected chi connectivity index (χ0v) is 9.10. The summed E-state index contributed by atoms with van der Waals surface area (Å²) in [6.07, 6.45) is 3.36. The monoisotopic (exact) mass is 220 g/mol. The number of hydrogen-bond acceptors (Lipinski definition) is 4. The Morgan fingerprint density at radius 1 is 1.62 bits per heavy atom. The van der Waals surface area contributed by atoms with Crippen molar-refractivity contribution in [1.82, 2.24) is 20.0 Å². The minimum Gasteiger partial charge on any atom is -0.351 e. The molecule has 84 valence electrons. The molecule has 0 atom stereocenters. The molecule has 0 aromatic carbocycles. The van der Waals surface area contributed by atoms with E-state index in [0.717, 1.165) is 5.82 Å². The molecule has 16 heavy (non-hydrogen) atoms. The number of aromatic nitrogens is 3. The smallest absolute Gasteiger partial charge is 0.292 e. The maximum atomic E-state index is 11.8. The molecule has 2 aromatic heterocycles. The van der Waals surface area contributed by atoms with Gasteiger partial charge in [-0.05, 0) is 6.92 Å². The largest absolute Gasteiger partial charge is 0.351 e. The minimum atomic E-state index is -0.211. The molecule has 0 saturated heterocycles. The normalized spacial score (nSPS) is 10.4. The van der Waals surface area contributed by atoms with E-state index in [9.17, 15) is 4.79 Å². The number of nitrogens with one attached hydrogen (secondary N) is 1. The highest BCUT2D eigenvalue weighted by molar-refractivity contribution is 5.91. The van der Waals surface area contributed by atoms with Crippen molar-refractivity contribution in [1.29, 1.82) is 0 Å². The summed E-state index contributed by atoms with van der Waals surface area (Å²) in [4.78, 5) is 20.3.